The number of anilines is 1. The van der Waals surface area contributed by atoms with Gasteiger partial charge in [-0.15, -0.1) is 0 Å². The van der Waals surface area contributed by atoms with Crippen molar-refractivity contribution in [1.82, 2.24) is 0 Å². The summed E-state index contributed by atoms with van der Waals surface area (Å²) >= 11 is 0. The van der Waals surface area contributed by atoms with E-state index in [0.717, 1.165) is 11.1 Å². The Morgan fingerprint density at radius 3 is 2.43 bits per heavy atom. The number of ether oxygens (including phenoxy) is 1. The van der Waals surface area contributed by atoms with Crippen molar-refractivity contribution in [3.63, 3.8) is 0 Å². The molecule has 0 spiro atoms. The van der Waals surface area contributed by atoms with Crippen LogP contribution in [0.15, 0.2) is 42.5 Å². The molecule has 0 saturated heterocycles. The Bertz CT molecular complexity index is 663. The second-order valence-electron chi connectivity index (χ2n) is 4.54. The van der Waals surface area contributed by atoms with Crippen LogP contribution in [-0.4, -0.2) is 18.1 Å². The Labute approximate surface area is 123 Å². The van der Waals surface area contributed by atoms with E-state index in [-0.39, 0.29) is 17.3 Å². The number of amides is 1. The summed E-state index contributed by atoms with van der Waals surface area (Å²) in [6.07, 6.45) is 3.81. The van der Waals surface area contributed by atoms with Crippen molar-refractivity contribution in [1.29, 1.82) is 0 Å². The van der Waals surface area contributed by atoms with E-state index in [2.05, 4.69) is 5.32 Å². The second-order valence-corrected chi connectivity index (χ2v) is 4.54. The predicted octanol–water partition coefficient (Wildman–Crippen LogP) is 3.53. The summed E-state index contributed by atoms with van der Waals surface area (Å²) in [4.78, 5) is 11.1. The number of phenols is 1. The van der Waals surface area contributed by atoms with Crippen molar-refractivity contribution in [2.45, 2.75) is 6.92 Å². The summed E-state index contributed by atoms with van der Waals surface area (Å²) in [7, 11) is 1.49. The molecule has 0 unspecified atom stereocenters. The molecule has 0 fully saturated rings. The van der Waals surface area contributed by atoms with Gasteiger partial charge in [-0.05, 0) is 23.3 Å². The molecule has 2 aromatic rings. The fraction of sp³-hybridized carbons (Fsp3) is 0.118. The van der Waals surface area contributed by atoms with Crippen molar-refractivity contribution >= 4 is 23.7 Å². The van der Waals surface area contributed by atoms with Gasteiger partial charge in [-0.3, -0.25) is 4.79 Å². The molecule has 0 saturated carbocycles. The van der Waals surface area contributed by atoms with Gasteiger partial charge in [-0.2, -0.15) is 0 Å². The lowest BCUT2D eigenvalue weighted by atomic mass is 10.1. The minimum absolute atomic E-state index is 0.0303. The Morgan fingerprint density at radius 2 is 1.81 bits per heavy atom. The Hall–Kier alpha value is -2.75. The maximum atomic E-state index is 11.1. The molecule has 0 aliphatic carbocycles. The fourth-order valence-electron chi connectivity index (χ4n) is 1.94. The molecule has 0 aliphatic rings. The molecular weight excluding hydrogens is 266 g/mol. The summed E-state index contributed by atoms with van der Waals surface area (Å²) in [5, 5.41) is 12.6. The number of phenolic OH excluding ortho intramolecular Hbond substituents is 1. The number of hydrogen-bond donors (Lipinski definition) is 2. The van der Waals surface area contributed by atoms with Crippen LogP contribution in [0.1, 0.15) is 18.1 Å². The van der Waals surface area contributed by atoms with Gasteiger partial charge in [0.2, 0.25) is 5.91 Å². The Balaban J connectivity index is 2.32. The highest BCUT2D eigenvalue weighted by Gasteiger charge is 2.11. The fourth-order valence-corrected chi connectivity index (χ4v) is 1.94. The topological polar surface area (TPSA) is 58.6 Å². The van der Waals surface area contributed by atoms with E-state index in [1.807, 2.05) is 42.5 Å². The van der Waals surface area contributed by atoms with Crippen LogP contribution in [0.4, 0.5) is 5.69 Å². The summed E-state index contributed by atoms with van der Waals surface area (Å²) in [6.45, 7) is 1.38. The highest BCUT2D eigenvalue weighted by Crippen LogP contribution is 2.35. The van der Waals surface area contributed by atoms with E-state index in [0.29, 0.717) is 5.75 Å². The molecule has 0 aromatic heterocycles. The first kappa shape index (κ1) is 14.7. The molecule has 108 valence electrons. The minimum atomic E-state index is -0.267. The van der Waals surface area contributed by atoms with Crippen molar-refractivity contribution in [3.8, 4) is 11.5 Å². The van der Waals surface area contributed by atoms with Crippen molar-refractivity contribution in [2.75, 3.05) is 12.4 Å². The molecule has 2 rings (SSSR count). The number of benzene rings is 2. The van der Waals surface area contributed by atoms with E-state index in [1.165, 1.54) is 14.0 Å². The third-order valence-electron chi connectivity index (χ3n) is 2.89. The van der Waals surface area contributed by atoms with Crippen LogP contribution in [0.3, 0.4) is 0 Å². The van der Waals surface area contributed by atoms with Gasteiger partial charge < -0.3 is 15.2 Å². The van der Waals surface area contributed by atoms with E-state index in [1.54, 1.807) is 12.1 Å². The van der Waals surface area contributed by atoms with Crippen molar-refractivity contribution in [3.05, 3.63) is 53.6 Å². The monoisotopic (exact) mass is 283 g/mol. The summed E-state index contributed by atoms with van der Waals surface area (Å²) in [6, 6.07) is 13.2. The highest BCUT2D eigenvalue weighted by atomic mass is 16.5. The SMILES string of the molecule is COc1cc(/C=C/c2ccccc2)cc(O)c1NC(C)=O. The first-order chi connectivity index (χ1) is 10.1. The smallest absolute Gasteiger partial charge is 0.221 e. The number of methoxy groups -OCH3 is 1. The number of carbonyl (C=O) groups is 1. The molecular formula is C17H17NO3. The lowest BCUT2D eigenvalue weighted by Gasteiger charge is -2.11. The molecule has 2 aromatic carbocycles. The van der Waals surface area contributed by atoms with Gasteiger partial charge in [0.25, 0.3) is 0 Å². The van der Waals surface area contributed by atoms with Crippen LogP contribution >= 0.6 is 0 Å². The number of nitrogens with one attached hydrogen (secondary N) is 1. The molecule has 4 heteroatoms. The molecule has 0 aliphatic heterocycles. The van der Waals surface area contributed by atoms with E-state index >= 15 is 0 Å². The molecule has 21 heavy (non-hydrogen) atoms. The van der Waals surface area contributed by atoms with Crippen molar-refractivity contribution < 1.29 is 14.6 Å². The largest absolute Gasteiger partial charge is 0.506 e. The van der Waals surface area contributed by atoms with E-state index < -0.39 is 0 Å². The van der Waals surface area contributed by atoms with Crippen LogP contribution < -0.4 is 10.1 Å². The Morgan fingerprint density at radius 1 is 1.14 bits per heavy atom. The zero-order valence-corrected chi connectivity index (χ0v) is 12.0. The predicted molar refractivity (Wildman–Crippen MR) is 84.3 cm³/mol. The van der Waals surface area contributed by atoms with Gasteiger partial charge in [0, 0.05) is 6.92 Å². The molecule has 4 nitrogen and oxygen atoms in total. The van der Waals surface area contributed by atoms with Gasteiger partial charge in [0.1, 0.15) is 17.2 Å². The second kappa shape index (κ2) is 6.61. The third-order valence-corrected chi connectivity index (χ3v) is 2.89. The van der Waals surface area contributed by atoms with E-state index in [9.17, 15) is 9.90 Å². The van der Waals surface area contributed by atoms with Gasteiger partial charge in [-0.25, -0.2) is 0 Å². The average molecular weight is 283 g/mol. The lowest BCUT2D eigenvalue weighted by molar-refractivity contribution is -0.114. The van der Waals surface area contributed by atoms with Crippen LogP contribution in [-0.2, 0) is 4.79 Å². The third kappa shape index (κ3) is 3.86. The maximum absolute atomic E-state index is 11.1. The maximum Gasteiger partial charge on any atom is 0.221 e. The molecule has 2 N–H and O–H groups in total. The van der Waals surface area contributed by atoms with Crippen LogP contribution in [0.2, 0.25) is 0 Å². The first-order valence-corrected chi connectivity index (χ1v) is 6.52. The quantitative estimate of drug-likeness (QED) is 0.666. The standard InChI is InChI=1S/C17H17NO3/c1-12(19)18-17-15(20)10-14(11-16(17)21-2)9-8-13-6-4-3-5-7-13/h3-11,20H,1-2H3,(H,18,19)/b9-8+. The van der Waals surface area contributed by atoms with Gasteiger partial charge in [-0.1, -0.05) is 42.5 Å². The van der Waals surface area contributed by atoms with Crippen LogP contribution in [0.25, 0.3) is 12.2 Å². The summed E-state index contributed by atoms with van der Waals surface area (Å²) in [5.41, 5.74) is 2.12. The van der Waals surface area contributed by atoms with Crippen molar-refractivity contribution in [2.24, 2.45) is 0 Å². The van der Waals surface area contributed by atoms with E-state index in [4.69, 9.17) is 4.74 Å². The first-order valence-electron chi connectivity index (χ1n) is 6.52. The number of hydrogen-bond acceptors (Lipinski definition) is 3. The van der Waals surface area contributed by atoms with Gasteiger partial charge in [0.15, 0.2) is 0 Å². The molecule has 0 radical (unpaired) electrons. The zero-order valence-electron chi connectivity index (χ0n) is 12.0. The highest BCUT2D eigenvalue weighted by molar-refractivity contribution is 5.93. The molecule has 0 atom stereocenters. The molecule has 1 amide bonds. The Kier molecular flexibility index (Phi) is 4.61. The zero-order chi connectivity index (χ0) is 15.2. The normalized spacial score (nSPS) is 10.6. The summed E-state index contributed by atoms with van der Waals surface area (Å²) in [5.74, 6) is 0.117. The lowest BCUT2D eigenvalue weighted by Crippen LogP contribution is -2.07. The molecule has 0 bridgehead atoms. The number of aromatic hydroxyl groups is 1. The van der Waals surface area contributed by atoms with Gasteiger partial charge in [0.05, 0.1) is 7.11 Å². The molecule has 0 heterocycles. The number of rotatable bonds is 4. The minimum Gasteiger partial charge on any atom is -0.506 e. The number of carbonyl (C=O) groups excluding carboxylic acids is 1. The van der Waals surface area contributed by atoms with Gasteiger partial charge >= 0.3 is 0 Å². The van der Waals surface area contributed by atoms with Crippen LogP contribution in [0, 0.1) is 0 Å². The average Bonchev–Trinajstić information content (AvgIpc) is 2.48. The van der Waals surface area contributed by atoms with Crippen LogP contribution in [0.5, 0.6) is 11.5 Å². The summed E-state index contributed by atoms with van der Waals surface area (Å²) < 4.78 is 5.21.